The zero-order valence-electron chi connectivity index (χ0n) is 32.5. The number of aliphatic carboxylic acids is 1. The number of carbonyl (C=O) groups is 3. The Morgan fingerprint density at radius 3 is 2.24 bits per heavy atom. The molecule has 5 aliphatic rings. The maximum absolute atomic E-state index is 13.2. The molecule has 4 unspecified atom stereocenters. The molecular weight excluding hydrogens is 636 g/mol. The van der Waals surface area contributed by atoms with Crippen LogP contribution in [0, 0.1) is 73.9 Å². The lowest BCUT2D eigenvalue weighted by Gasteiger charge is -2.72. The average Bonchev–Trinajstić information content (AvgIpc) is 3.41. The smallest absolute Gasteiger partial charge is 0.336 e. The molecule has 10 atom stereocenters. The summed E-state index contributed by atoms with van der Waals surface area (Å²) in [5, 5.41) is 19.2. The Balaban J connectivity index is 1.28. The van der Waals surface area contributed by atoms with E-state index < -0.39 is 17.4 Å². The van der Waals surface area contributed by atoms with E-state index in [-0.39, 0.29) is 57.6 Å². The molecule has 0 bridgehead atoms. The third kappa shape index (κ3) is 6.07. The summed E-state index contributed by atoms with van der Waals surface area (Å²) in [6.45, 7) is 22.8. The number of carbonyl (C=O) groups excluding carboxylic acids is 1. The first kappa shape index (κ1) is 37.7. The molecule has 5 fully saturated rings. The van der Waals surface area contributed by atoms with Crippen molar-refractivity contribution in [3.63, 3.8) is 0 Å². The summed E-state index contributed by atoms with van der Waals surface area (Å²) < 4.78 is 6.27. The molecule has 1 aromatic carbocycles. The monoisotopic (exact) mass is 698 g/mol. The standard InChI is InChI=1S/C45H62O6/c1-28(2)30-17-23-45(22-16-29-12-10-11-13-31(29)39(49)50)25-24-43(8)32(38(30)45)14-15-34-42(7)20-19-35(41(5,6)33(42)18-21-44(34,43)9)51-37(48)27-40(3,4)26-36(46)47/h10-13,30,32-35,38H,1,14-15,17-21,23-27H2,2-9H3,(H,46,47)(H,49,50)/t30-,32?,33?,34?,35-,38?,42-,43+,44+,45+/m0/s1. The third-order valence-corrected chi connectivity index (χ3v) is 16.1. The molecule has 0 spiro atoms. The maximum atomic E-state index is 13.2. The summed E-state index contributed by atoms with van der Waals surface area (Å²) in [6, 6.07) is 7.17. The second-order valence-electron chi connectivity index (χ2n) is 19.7. The lowest BCUT2D eigenvalue weighted by molar-refractivity contribution is -0.247. The van der Waals surface area contributed by atoms with Crippen molar-refractivity contribution in [3.05, 3.63) is 47.5 Å². The van der Waals surface area contributed by atoms with E-state index in [2.05, 4.69) is 60.0 Å². The van der Waals surface area contributed by atoms with Crippen LogP contribution in [0.25, 0.3) is 0 Å². The SMILES string of the molecule is C=C(C)[C@@H]1CC[C@]2(C#Cc3ccccc3C(=O)O)CC[C@]3(C)C(CCC4[C@@]5(C)CC[C@H](OC(=O)CC(C)(C)CC(=O)O)C(C)(C)C5CC[C@]43C)C12. The van der Waals surface area contributed by atoms with Crippen LogP contribution < -0.4 is 0 Å². The first-order chi connectivity index (χ1) is 23.7. The topological polar surface area (TPSA) is 101 Å². The first-order valence-electron chi connectivity index (χ1n) is 19.6. The fourth-order valence-corrected chi connectivity index (χ4v) is 13.6. The van der Waals surface area contributed by atoms with Gasteiger partial charge in [0.1, 0.15) is 6.10 Å². The van der Waals surface area contributed by atoms with Gasteiger partial charge in [0.15, 0.2) is 0 Å². The van der Waals surface area contributed by atoms with E-state index in [1.54, 1.807) is 12.1 Å². The van der Waals surface area contributed by atoms with Crippen LogP contribution in [0.5, 0.6) is 0 Å². The summed E-state index contributed by atoms with van der Waals surface area (Å²) in [6.07, 6.45) is 10.7. The Labute approximate surface area is 306 Å². The molecule has 0 amide bonds. The van der Waals surface area contributed by atoms with Gasteiger partial charge in [-0.3, -0.25) is 9.59 Å². The van der Waals surface area contributed by atoms with Gasteiger partial charge in [0.25, 0.3) is 0 Å². The van der Waals surface area contributed by atoms with Crippen LogP contribution in [-0.2, 0) is 14.3 Å². The van der Waals surface area contributed by atoms with E-state index in [0.717, 1.165) is 51.4 Å². The number of fused-ring (bicyclic) bond motifs is 7. The Bertz CT molecular complexity index is 1660. The first-order valence-corrected chi connectivity index (χ1v) is 19.6. The molecule has 51 heavy (non-hydrogen) atoms. The number of benzene rings is 1. The van der Waals surface area contributed by atoms with Gasteiger partial charge in [-0.15, -0.1) is 0 Å². The summed E-state index contributed by atoms with van der Waals surface area (Å²) in [5.41, 5.74) is 1.65. The van der Waals surface area contributed by atoms with E-state index in [0.29, 0.717) is 35.2 Å². The predicted molar refractivity (Wildman–Crippen MR) is 200 cm³/mol. The number of allylic oxidation sites excluding steroid dienone is 1. The minimum atomic E-state index is -0.929. The van der Waals surface area contributed by atoms with Gasteiger partial charge >= 0.3 is 17.9 Å². The number of hydrogen-bond donors (Lipinski definition) is 2. The molecule has 6 rings (SSSR count). The minimum Gasteiger partial charge on any atom is -0.481 e. The largest absolute Gasteiger partial charge is 0.481 e. The molecule has 0 radical (unpaired) electrons. The number of esters is 1. The summed E-state index contributed by atoms with van der Waals surface area (Å²) in [4.78, 5) is 36.6. The van der Waals surface area contributed by atoms with Crippen molar-refractivity contribution in [3.8, 4) is 11.8 Å². The van der Waals surface area contributed by atoms with Crippen molar-refractivity contribution in [1.82, 2.24) is 0 Å². The normalized spacial score (nSPS) is 39.5. The van der Waals surface area contributed by atoms with E-state index in [1.165, 1.54) is 18.4 Å². The molecule has 6 heteroatoms. The summed E-state index contributed by atoms with van der Waals surface area (Å²) >= 11 is 0. The maximum Gasteiger partial charge on any atom is 0.336 e. The van der Waals surface area contributed by atoms with E-state index in [9.17, 15) is 24.6 Å². The molecule has 0 heterocycles. The molecule has 6 nitrogen and oxygen atoms in total. The van der Waals surface area contributed by atoms with Crippen molar-refractivity contribution in [2.75, 3.05) is 0 Å². The molecule has 0 aliphatic heterocycles. The number of rotatable bonds is 7. The van der Waals surface area contributed by atoms with Gasteiger partial charge in [-0.1, -0.05) is 84.6 Å². The summed E-state index contributed by atoms with van der Waals surface area (Å²) in [5.74, 6) is 7.51. The van der Waals surface area contributed by atoms with Gasteiger partial charge < -0.3 is 14.9 Å². The van der Waals surface area contributed by atoms with Crippen molar-refractivity contribution >= 4 is 17.9 Å². The third-order valence-electron chi connectivity index (χ3n) is 16.1. The van der Waals surface area contributed by atoms with Crippen LogP contribution in [0.1, 0.15) is 148 Å². The highest BCUT2D eigenvalue weighted by Crippen LogP contribution is 2.77. The van der Waals surface area contributed by atoms with Crippen LogP contribution in [-0.4, -0.2) is 34.2 Å². The number of ether oxygens (including phenoxy) is 1. The van der Waals surface area contributed by atoms with Crippen LogP contribution in [0.4, 0.5) is 0 Å². The molecule has 278 valence electrons. The highest BCUT2D eigenvalue weighted by atomic mass is 16.5. The molecule has 0 saturated heterocycles. The Kier molecular flexibility index (Phi) is 9.46. The van der Waals surface area contributed by atoms with Gasteiger partial charge in [0.2, 0.25) is 0 Å². The van der Waals surface area contributed by atoms with Gasteiger partial charge in [-0.25, -0.2) is 4.79 Å². The van der Waals surface area contributed by atoms with Gasteiger partial charge in [-0.05, 0) is 135 Å². The highest BCUT2D eigenvalue weighted by molar-refractivity contribution is 5.90. The second kappa shape index (κ2) is 12.8. The second-order valence-corrected chi connectivity index (χ2v) is 19.7. The zero-order valence-corrected chi connectivity index (χ0v) is 32.5. The Morgan fingerprint density at radius 2 is 1.57 bits per heavy atom. The van der Waals surface area contributed by atoms with Crippen molar-refractivity contribution in [2.45, 2.75) is 139 Å². The fourth-order valence-electron chi connectivity index (χ4n) is 13.6. The molecule has 5 aliphatic carbocycles. The van der Waals surface area contributed by atoms with Gasteiger partial charge in [0, 0.05) is 16.4 Å². The summed E-state index contributed by atoms with van der Waals surface area (Å²) in [7, 11) is 0. The van der Waals surface area contributed by atoms with Crippen molar-refractivity contribution in [2.24, 2.45) is 62.1 Å². The molecule has 2 N–H and O–H groups in total. The molecular formula is C45H62O6. The van der Waals surface area contributed by atoms with Gasteiger partial charge in [-0.2, -0.15) is 0 Å². The number of aromatic carboxylic acids is 1. The predicted octanol–water partition coefficient (Wildman–Crippen LogP) is 10.2. The highest BCUT2D eigenvalue weighted by Gasteiger charge is 2.71. The molecule has 0 aromatic heterocycles. The Morgan fingerprint density at radius 1 is 0.863 bits per heavy atom. The van der Waals surface area contributed by atoms with Crippen molar-refractivity contribution in [1.29, 1.82) is 0 Å². The van der Waals surface area contributed by atoms with Crippen LogP contribution >= 0.6 is 0 Å². The van der Waals surface area contributed by atoms with Crippen LogP contribution in [0.2, 0.25) is 0 Å². The fraction of sp³-hybridized carbons (Fsp3) is 0.711. The van der Waals surface area contributed by atoms with Crippen LogP contribution in [0.3, 0.4) is 0 Å². The zero-order chi connectivity index (χ0) is 37.4. The molecule has 1 aromatic rings. The number of hydrogen-bond acceptors (Lipinski definition) is 4. The molecule has 5 saturated carbocycles. The van der Waals surface area contributed by atoms with E-state index >= 15 is 0 Å². The number of carboxylic acids is 2. The minimum absolute atomic E-state index is 0.0583. The van der Waals surface area contributed by atoms with E-state index in [4.69, 9.17) is 4.74 Å². The van der Waals surface area contributed by atoms with E-state index in [1.807, 2.05) is 26.0 Å². The number of carboxylic acid groups (broad SMARTS) is 2. The lowest BCUT2D eigenvalue weighted by atomic mass is 9.32. The van der Waals surface area contributed by atoms with Crippen molar-refractivity contribution < 1.29 is 29.3 Å². The average molecular weight is 699 g/mol. The van der Waals surface area contributed by atoms with Gasteiger partial charge in [0.05, 0.1) is 18.4 Å². The Hall–Kier alpha value is -3.07. The quantitative estimate of drug-likeness (QED) is 0.167. The van der Waals surface area contributed by atoms with Crippen LogP contribution in [0.15, 0.2) is 36.4 Å². The lowest BCUT2D eigenvalue weighted by Crippen LogP contribution is -2.66.